The van der Waals surface area contributed by atoms with Crippen LogP contribution in [0.15, 0.2) is 66.9 Å². The van der Waals surface area contributed by atoms with E-state index < -0.39 is 0 Å². The number of ether oxygens (including phenoxy) is 1. The molecule has 2 aromatic carbocycles. The van der Waals surface area contributed by atoms with E-state index in [0.717, 1.165) is 46.1 Å². The molecule has 30 heavy (non-hydrogen) atoms. The number of amides is 1. The van der Waals surface area contributed by atoms with E-state index in [9.17, 15) is 4.79 Å². The average molecular weight is 397 g/mol. The van der Waals surface area contributed by atoms with Crippen molar-refractivity contribution >= 4 is 27.7 Å². The molecule has 1 aliphatic heterocycles. The van der Waals surface area contributed by atoms with Gasteiger partial charge < -0.3 is 9.64 Å². The highest BCUT2D eigenvalue weighted by molar-refractivity contribution is 6.05. The largest absolute Gasteiger partial charge is 0.488 e. The highest BCUT2D eigenvalue weighted by atomic mass is 16.5. The Labute approximate surface area is 175 Å². The first-order valence-corrected chi connectivity index (χ1v) is 10.3. The molecule has 1 aliphatic rings. The molecule has 2 aromatic heterocycles. The predicted molar refractivity (Wildman–Crippen MR) is 118 cm³/mol. The minimum atomic E-state index is 0.0453. The van der Waals surface area contributed by atoms with Crippen molar-refractivity contribution in [3.8, 4) is 5.75 Å². The second kappa shape index (κ2) is 7.75. The molecule has 0 aliphatic carbocycles. The number of hydrogen-bond acceptors (Lipinski definition) is 4. The Morgan fingerprint density at radius 3 is 2.50 bits per heavy atom. The average Bonchev–Trinajstić information content (AvgIpc) is 2.79. The summed E-state index contributed by atoms with van der Waals surface area (Å²) in [6, 6.07) is 19.8. The molecule has 5 nitrogen and oxygen atoms in total. The molecule has 0 atom stereocenters. The fourth-order valence-corrected chi connectivity index (χ4v) is 4.12. The van der Waals surface area contributed by atoms with Crippen LogP contribution in [0, 0.1) is 6.92 Å². The van der Waals surface area contributed by atoms with E-state index in [-0.39, 0.29) is 12.0 Å². The smallest absolute Gasteiger partial charge is 0.256 e. The number of para-hydroxylation sites is 2. The molecule has 0 spiro atoms. The lowest BCUT2D eigenvalue weighted by Gasteiger charge is -2.32. The van der Waals surface area contributed by atoms with Gasteiger partial charge in [0.2, 0.25) is 0 Å². The van der Waals surface area contributed by atoms with Crippen molar-refractivity contribution < 1.29 is 9.53 Å². The van der Waals surface area contributed by atoms with E-state index in [1.807, 2.05) is 72.5 Å². The van der Waals surface area contributed by atoms with Crippen LogP contribution in [0.1, 0.15) is 28.9 Å². The number of likely N-dealkylation sites (tertiary alicyclic amines) is 1. The van der Waals surface area contributed by atoms with E-state index in [4.69, 9.17) is 4.74 Å². The molecule has 0 bridgehead atoms. The van der Waals surface area contributed by atoms with Gasteiger partial charge in [-0.3, -0.25) is 14.8 Å². The third kappa shape index (κ3) is 3.47. The first kappa shape index (κ1) is 18.6. The number of fused-ring (bicyclic) bond motifs is 2. The van der Waals surface area contributed by atoms with Crippen molar-refractivity contribution in [2.75, 3.05) is 13.1 Å². The molecule has 1 fully saturated rings. The van der Waals surface area contributed by atoms with Crippen LogP contribution >= 0.6 is 0 Å². The number of benzene rings is 2. The number of piperidine rings is 1. The summed E-state index contributed by atoms with van der Waals surface area (Å²) >= 11 is 0. The van der Waals surface area contributed by atoms with Crippen LogP contribution in [0.3, 0.4) is 0 Å². The second-order valence-corrected chi connectivity index (χ2v) is 7.77. The Hall–Kier alpha value is -3.47. The minimum Gasteiger partial charge on any atom is -0.488 e. The molecule has 3 heterocycles. The maximum Gasteiger partial charge on any atom is 0.256 e. The minimum absolute atomic E-state index is 0.0453. The fraction of sp³-hybridized carbons (Fsp3) is 0.240. The molecule has 0 radical (unpaired) electrons. The molecule has 1 saturated heterocycles. The first-order chi connectivity index (χ1) is 14.7. The highest BCUT2D eigenvalue weighted by Gasteiger charge is 2.26. The van der Waals surface area contributed by atoms with Crippen LogP contribution in [-0.4, -0.2) is 40.0 Å². The number of aryl methyl sites for hydroxylation is 1. The van der Waals surface area contributed by atoms with Gasteiger partial charge in [0.15, 0.2) is 0 Å². The van der Waals surface area contributed by atoms with Crippen molar-refractivity contribution in [1.29, 1.82) is 0 Å². The summed E-state index contributed by atoms with van der Waals surface area (Å²) in [4.78, 5) is 24.2. The number of carbonyl (C=O) groups is 1. The molecule has 4 aromatic rings. The number of hydrogen-bond donors (Lipinski definition) is 0. The van der Waals surface area contributed by atoms with Crippen LogP contribution in [0.25, 0.3) is 21.8 Å². The van der Waals surface area contributed by atoms with Gasteiger partial charge in [-0.05, 0) is 31.2 Å². The number of aromatic nitrogens is 2. The SMILES string of the molecule is Cc1ccc2cccc(C(=O)N3CCC(Oc4cccc5cccnc45)CC3)c2n1. The molecule has 5 heteroatoms. The van der Waals surface area contributed by atoms with Gasteiger partial charge in [-0.25, -0.2) is 0 Å². The zero-order valence-corrected chi connectivity index (χ0v) is 16.9. The molecule has 5 rings (SSSR count). The monoisotopic (exact) mass is 397 g/mol. The molecule has 0 N–H and O–H groups in total. The summed E-state index contributed by atoms with van der Waals surface area (Å²) in [6.07, 6.45) is 3.46. The van der Waals surface area contributed by atoms with Crippen LogP contribution in [0.2, 0.25) is 0 Å². The Bertz CT molecular complexity index is 1220. The van der Waals surface area contributed by atoms with E-state index in [1.54, 1.807) is 6.20 Å². The van der Waals surface area contributed by atoms with Gasteiger partial charge in [-0.2, -0.15) is 0 Å². The van der Waals surface area contributed by atoms with Crippen molar-refractivity contribution in [3.05, 3.63) is 78.1 Å². The Balaban J connectivity index is 1.30. The van der Waals surface area contributed by atoms with E-state index >= 15 is 0 Å². The highest BCUT2D eigenvalue weighted by Crippen LogP contribution is 2.27. The molecular formula is C25H23N3O2. The zero-order valence-electron chi connectivity index (χ0n) is 16.9. The molecule has 0 saturated carbocycles. The van der Waals surface area contributed by atoms with Crippen molar-refractivity contribution in [1.82, 2.24) is 14.9 Å². The maximum absolute atomic E-state index is 13.2. The van der Waals surface area contributed by atoms with Crippen molar-refractivity contribution in [2.45, 2.75) is 25.9 Å². The summed E-state index contributed by atoms with van der Waals surface area (Å²) in [6.45, 7) is 3.29. The van der Waals surface area contributed by atoms with E-state index in [0.29, 0.717) is 18.7 Å². The number of rotatable bonds is 3. The molecular weight excluding hydrogens is 374 g/mol. The van der Waals surface area contributed by atoms with Gasteiger partial charge in [0, 0.05) is 48.6 Å². The predicted octanol–water partition coefficient (Wildman–Crippen LogP) is 4.78. The normalized spacial score (nSPS) is 14.9. The van der Waals surface area contributed by atoms with Crippen LogP contribution in [0.5, 0.6) is 5.75 Å². The van der Waals surface area contributed by atoms with Crippen LogP contribution in [0.4, 0.5) is 0 Å². The second-order valence-electron chi connectivity index (χ2n) is 7.77. The van der Waals surface area contributed by atoms with Crippen LogP contribution < -0.4 is 4.74 Å². The van der Waals surface area contributed by atoms with Gasteiger partial charge in [0.1, 0.15) is 17.4 Å². The lowest BCUT2D eigenvalue weighted by Crippen LogP contribution is -2.41. The molecule has 0 unspecified atom stereocenters. The van der Waals surface area contributed by atoms with Gasteiger partial charge in [0.05, 0.1) is 11.1 Å². The van der Waals surface area contributed by atoms with Gasteiger partial charge in [-0.1, -0.05) is 36.4 Å². The van der Waals surface area contributed by atoms with E-state index in [2.05, 4.69) is 9.97 Å². The summed E-state index contributed by atoms with van der Waals surface area (Å²) in [5, 5.41) is 2.06. The summed E-state index contributed by atoms with van der Waals surface area (Å²) in [5.74, 6) is 0.857. The Morgan fingerprint density at radius 1 is 0.933 bits per heavy atom. The topological polar surface area (TPSA) is 55.3 Å². The number of nitrogens with zero attached hydrogens (tertiary/aromatic N) is 3. The Morgan fingerprint density at radius 2 is 1.67 bits per heavy atom. The maximum atomic E-state index is 13.2. The standard InChI is InChI=1S/C25H23N3O2/c1-17-10-11-19-5-2-8-21(23(19)27-17)25(29)28-15-12-20(13-16-28)30-22-9-3-6-18-7-4-14-26-24(18)22/h2-11,14,20H,12-13,15-16H2,1H3. The van der Waals surface area contributed by atoms with Gasteiger partial charge in [0.25, 0.3) is 5.91 Å². The quantitative estimate of drug-likeness (QED) is 0.499. The summed E-state index contributed by atoms with van der Waals surface area (Å²) in [7, 11) is 0. The van der Waals surface area contributed by atoms with Crippen molar-refractivity contribution in [3.63, 3.8) is 0 Å². The van der Waals surface area contributed by atoms with Gasteiger partial charge in [-0.15, -0.1) is 0 Å². The third-order valence-corrected chi connectivity index (χ3v) is 5.71. The van der Waals surface area contributed by atoms with Crippen LogP contribution in [-0.2, 0) is 0 Å². The third-order valence-electron chi connectivity index (χ3n) is 5.71. The lowest BCUT2D eigenvalue weighted by molar-refractivity contribution is 0.0599. The number of carbonyl (C=O) groups excluding carboxylic acids is 1. The van der Waals surface area contributed by atoms with E-state index in [1.165, 1.54) is 0 Å². The fourth-order valence-electron chi connectivity index (χ4n) is 4.12. The Kier molecular flexibility index (Phi) is 4.79. The lowest BCUT2D eigenvalue weighted by atomic mass is 10.0. The van der Waals surface area contributed by atoms with Gasteiger partial charge >= 0.3 is 0 Å². The van der Waals surface area contributed by atoms with Crippen molar-refractivity contribution in [2.24, 2.45) is 0 Å². The summed E-state index contributed by atoms with van der Waals surface area (Å²) < 4.78 is 6.28. The number of pyridine rings is 2. The summed E-state index contributed by atoms with van der Waals surface area (Å²) in [5.41, 5.74) is 3.26. The molecule has 1 amide bonds. The first-order valence-electron chi connectivity index (χ1n) is 10.3. The zero-order chi connectivity index (χ0) is 20.5. The molecule has 150 valence electrons.